The first-order valence-corrected chi connectivity index (χ1v) is 16.5. The van der Waals surface area contributed by atoms with Crippen molar-refractivity contribution in [2.75, 3.05) is 13.1 Å². The second-order valence-corrected chi connectivity index (χ2v) is 12.3. The highest BCUT2D eigenvalue weighted by Gasteiger charge is 2.30. The Hall–Kier alpha value is -4.51. The van der Waals surface area contributed by atoms with Crippen LogP contribution in [-0.4, -0.2) is 64.7 Å². The van der Waals surface area contributed by atoms with E-state index in [1.54, 1.807) is 36.1 Å². The predicted molar refractivity (Wildman–Crippen MR) is 181 cm³/mol. The van der Waals surface area contributed by atoms with Gasteiger partial charge in [0, 0.05) is 49.1 Å². The third-order valence-electron chi connectivity index (χ3n) is 7.99. The molecule has 2 aromatic carbocycles. The van der Waals surface area contributed by atoms with Crippen LogP contribution in [-0.2, 0) is 22.6 Å². The summed E-state index contributed by atoms with van der Waals surface area (Å²) < 4.78 is 5.45. The minimum atomic E-state index is -0.728. The number of nitrogens with one attached hydrogen (secondary N) is 3. The van der Waals surface area contributed by atoms with E-state index in [1.165, 1.54) is 12.5 Å². The Bertz CT molecular complexity index is 1420. The molecule has 4 atom stereocenters. The van der Waals surface area contributed by atoms with Gasteiger partial charge in [0.2, 0.25) is 11.8 Å². The van der Waals surface area contributed by atoms with Gasteiger partial charge in [0.05, 0.1) is 12.2 Å². The van der Waals surface area contributed by atoms with E-state index in [1.807, 2.05) is 58.0 Å². The Morgan fingerprint density at radius 3 is 2.19 bits per heavy atom. The largest absolute Gasteiger partial charge is 0.449 e. The Labute approximate surface area is 278 Å². The highest BCUT2D eigenvalue weighted by Crippen LogP contribution is 2.15. The van der Waals surface area contributed by atoms with Crippen LogP contribution in [0.15, 0.2) is 71.5 Å². The fourth-order valence-corrected chi connectivity index (χ4v) is 5.34. The summed E-state index contributed by atoms with van der Waals surface area (Å²) in [6.45, 7) is 11.2. The van der Waals surface area contributed by atoms with Crippen molar-refractivity contribution < 1.29 is 23.6 Å². The Kier molecular flexibility index (Phi) is 14.6. The van der Waals surface area contributed by atoms with E-state index in [4.69, 9.17) is 10.2 Å². The fraction of sp³-hybridized carbons (Fsp3) is 0.472. The summed E-state index contributed by atoms with van der Waals surface area (Å²) in [5.41, 5.74) is 8.36. The lowest BCUT2D eigenvalue weighted by molar-refractivity contribution is -0.132. The van der Waals surface area contributed by atoms with Gasteiger partial charge in [-0.2, -0.15) is 0 Å². The van der Waals surface area contributed by atoms with Crippen LogP contribution in [0.1, 0.15) is 86.1 Å². The molecule has 11 heteroatoms. The van der Waals surface area contributed by atoms with Gasteiger partial charge in [-0.1, -0.05) is 71.0 Å². The van der Waals surface area contributed by atoms with Crippen LogP contribution in [0, 0.1) is 11.8 Å². The molecule has 3 aromatic rings. The van der Waals surface area contributed by atoms with Gasteiger partial charge in [-0.25, -0.2) is 4.98 Å². The molecular weight excluding hydrogens is 596 g/mol. The van der Waals surface area contributed by atoms with Crippen LogP contribution in [0.5, 0.6) is 0 Å². The molecule has 0 aliphatic rings. The van der Waals surface area contributed by atoms with E-state index in [9.17, 15) is 19.2 Å². The topological polar surface area (TPSA) is 160 Å². The molecular formula is C36H50N6O5. The van der Waals surface area contributed by atoms with Crippen molar-refractivity contribution in [3.05, 3.63) is 89.6 Å². The summed E-state index contributed by atoms with van der Waals surface area (Å²) in [5, 5.41) is 8.79. The summed E-state index contributed by atoms with van der Waals surface area (Å²) >= 11 is 0. The van der Waals surface area contributed by atoms with Crippen molar-refractivity contribution in [1.82, 2.24) is 25.8 Å². The number of hydrogen-bond acceptors (Lipinski definition) is 7. The summed E-state index contributed by atoms with van der Waals surface area (Å²) in [6, 6.07) is 14.2. The third-order valence-corrected chi connectivity index (χ3v) is 7.99. The lowest BCUT2D eigenvalue weighted by Crippen LogP contribution is -2.53. The van der Waals surface area contributed by atoms with E-state index in [0.717, 1.165) is 18.4 Å². The standard InChI is InChI=1S/C36H50N6O5/c1-6-17-42(18-7-2)36(46)28-15-11-14-27(21-28)34(44)40-30(22-31-38-16-19-47-31)29(37)20-25(5)33(43)41-32(24(3)4)35(45)39-23-26-12-9-8-10-13-26/h8-16,19,21,24-25,29-30,32H,6-7,17-18,20,22-23,37H2,1-5H3,(H,39,45)(H,40,44)(H,41,43)/t25-,29+,30+,32+/m1/s1. The molecule has 0 bridgehead atoms. The average molecular weight is 647 g/mol. The van der Waals surface area contributed by atoms with Crippen molar-refractivity contribution in [3.8, 4) is 0 Å². The zero-order valence-electron chi connectivity index (χ0n) is 28.2. The second kappa shape index (κ2) is 18.6. The van der Waals surface area contributed by atoms with E-state index in [2.05, 4.69) is 20.9 Å². The number of carbonyl (C=O) groups is 4. The number of rotatable bonds is 18. The number of carbonyl (C=O) groups excluding carboxylic acids is 4. The Morgan fingerprint density at radius 2 is 1.57 bits per heavy atom. The van der Waals surface area contributed by atoms with Gasteiger partial charge < -0.3 is 31.0 Å². The molecule has 0 saturated carbocycles. The first-order chi connectivity index (χ1) is 22.5. The molecule has 11 nitrogen and oxygen atoms in total. The first kappa shape index (κ1) is 37.0. The highest BCUT2D eigenvalue weighted by atomic mass is 16.3. The van der Waals surface area contributed by atoms with Crippen molar-refractivity contribution in [2.45, 2.75) is 85.0 Å². The van der Waals surface area contributed by atoms with Crippen molar-refractivity contribution in [3.63, 3.8) is 0 Å². The van der Waals surface area contributed by atoms with Crippen molar-refractivity contribution in [2.24, 2.45) is 17.6 Å². The van der Waals surface area contributed by atoms with Gasteiger partial charge in [-0.3, -0.25) is 19.2 Å². The van der Waals surface area contributed by atoms with Gasteiger partial charge in [0.15, 0.2) is 5.89 Å². The van der Waals surface area contributed by atoms with Gasteiger partial charge in [-0.15, -0.1) is 0 Å². The first-order valence-electron chi connectivity index (χ1n) is 16.5. The number of nitrogens with zero attached hydrogens (tertiary/aromatic N) is 2. The summed E-state index contributed by atoms with van der Waals surface area (Å²) in [5.74, 6) is -1.44. The lowest BCUT2D eigenvalue weighted by atomic mass is 9.93. The molecule has 3 rings (SSSR count). The second-order valence-electron chi connectivity index (χ2n) is 12.3. The molecule has 0 fully saturated rings. The van der Waals surface area contributed by atoms with E-state index < -0.39 is 30.0 Å². The van der Waals surface area contributed by atoms with E-state index in [0.29, 0.717) is 36.7 Å². The van der Waals surface area contributed by atoms with Gasteiger partial charge in [-0.05, 0) is 48.9 Å². The molecule has 1 aromatic heterocycles. The predicted octanol–water partition coefficient (Wildman–Crippen LogP) is 4.09. The molecule has 1 heterocycles. The summed E-state index contributed by atoms with van der Waals surface area (Å²) in [7, 11) is 0. The normalized spacial score (nSPS) is 13.7. The number of nitrogens with two attached hydrogens (primary N) is 1. The maximum atomic E-state index is 13.5. The number of oxazole rings is 1. The maximum absolute atomic E-state index is 13.5. The molecule has 4 amide bonds. The smallest absolute Gasteiger partial charge is 0.253 e. The van der Waals surface area contributed by atoms with Crippen molar-refractivity contribution >= 4 is 23.6 Å². The van der Waals surface area contributed by atoms with Gasteiger partial charge in [0.25, 0.3) is 11.8 Å². The van der Waals surface area contributed by atoms with Crippen molar-refractivity contribution in [1.29, 1.82) is 0 Å². The van der Waals surface area contributed by atoms with Crippen LogP contribution in [0.4, 0.5) is 0 Å². The molecule has 0 radical (unpaired) electrons. The third kappa shape index (κ3) is 11.4. The van der Waals surface area contributed by atoms with Crippen LogP contribution in [0.25, 0.3) is 0 Å². The van der Waals surface area contributed by atoms with Crippen LogP contribution < -0.4 is 21.7 Å². The zero-order valence-corrected chi connectivity index (χ0v) is 28.2. The minimum Gasteiger partial charge on any atom is -0.449 e. The monoisotopic (exact) mass is 646 g/mol. The zero-order chi connectivity index (χ0) is 34.3. The fourth-order valence-electron chi connectivity index (χ4n) is 5.34. The SMILES string of the molecule is CCCN(CCC)C(=O)c1cccc(C(=O)N[C@@H](Cc2ncco2)[C@@H](N)C[C@@H](C)C(=O)N[C@H](C(=O)NCc2ccccc2)C(C)C)c1. The van der Waals surface area contributed by atoms with Crippen LogP contribution in [0.2, 0.25) is 0 Å². The lowest BCUT2D eigenvalue weighted by Gasteiger charge is -2.28. The molecule has 0 aliphatic heterocycles. The molecule has 5 N–H and O–H groups in total. The molecule has 47 heavy (non-hydrogen) atoms. The molecule has 254 valence electrons. The Morgan fingerprint density at radius 1 is 0.894 bits per heavy atom. The molecule has 0 spiro atoms. The molecule has 0 saturated heterocycles. The maximum Gasteiger partial charge on any atom is 0.253 e. The number of benzene rings is 2. The Balaban J connectivity index is 1.68. The molecule has 0 aliphatic carbocycles. The van der Waals surface area contributed by atoms with Crippen LogP contribution in [0.3, 0.4) is 0 Å². The minimum absolute atomic E-state index is 0.121. The van der Waals surface area contributed by atoms with Gasteiger partial charge >= 0.3 is 0 Å². The average Bonchev–Trinajstić information content (AvgIpc) is 3.58. The van der Waals surface area contributed by atoms with E-state index >= 15 is 0 Å². The number of hydrogen-bond donors (Lipinski definition) is 4. The van der Waals surface area contributed by atoms with E-state index in [-0.39, 0.29) is 36.5 Å². The van der Waals surface area contributed by atoms with Crippen LogP contribution >= 0.6 is 0 Å². The highest BCUT2D eigenvalue weighted by molar-refractivity contribution is 5.99. The van der Waals surface area contributed by atoms with Gasteiger partial charge in [0.1, 0.15) is 12.3 Å². The quantitative estimate of drug-likeness (QED) is 0.162. The summed E-state index contributed by atoms with van der Waals surface area (Å²) in [6.07, 6.45) is 5.04. The molecule has 0 unspecified atom stereocenters. The summed E-state index contributed by atoms with van der Waals surface area (Å²) in [4.78, 5) is 59.0. The number of aromatic nitrogens is 1. The number of amides is 4.